The van der Waals surface area contributed by atoms with Crippen molar-refractivity contribution in [2.45, 2.75) is 6.92 Å². The maximum Gasteiger partial charge on any atom is 0.319 e. The van der Waals surface area contributed by atoms with Gasteiger partial charge in [0.15, 0.2) is 0 Å². The van der Waals surface area contributed by atoms with Gasteiger partial charge in [-0.1, -0.05) is 30.0 Å². The minimum atomic E-state index is -0.246. The fraction of sp³-hybridized carbons (Fsp3) is 0.308. The van der Waals surface area contributed by atoms with Gasteiger partial charge < -0.3 is 4.74 Å². The Labute approximate surface area is 95.8 Å². The molecule has 0 amide bonds. The third-order valence-electron chi connectivity index (χ3n) is 1.79. The molecule has 0 atom stereocenters. The minimum Gasteiger partial charge on any atom is -0.465 e. The summed E-state index contributed by atoms with van der Waals surface area (Å²) in [5, 5.41) is 2.89. The number of carbonyl (C=O) groups is 1. The van der Waals surface area contributed by atoms with Gasteiger partial charge in [-0.2, -0.15) is 0 Å². The van der Waals surface area contributed by atoms with Crippen LogP contribution in [0.1, 0.15) is 12.5 Å². The highest BCUT2D eigenvalue weighted by atomic mass is 16.5. The molecule has 3 nitrogen and oxygen atoms in total. The molecule has 0 radical (unpaired) electrons. The average Bonchev–Trinajstić information content (AvgIpc) is 2.30. The van der Waals surface area contributed by atoms with Crippen LogP contribution in [0.15, 0.2) is 30.3 Å². The molecule has 0 bridgehead atoms. The van der Waals surface area contributed by atoms with Crippen LogP contribution in [0, 0.1) is 11.8 Å². The average molecular weight is 217 g/mol. The van der Waals surface area contributed by atoms with Crippen LogP contribution in [-0.4, -0.2) is 25.7 Å². The van der Waals surface area contributed by atoms with Crippen LogP contribution in [0.2, 0.25) is 0 Å². The topological polar surface area (TPSA) is 38.3 Å². The summed E-state index contributed by atoms with van der Waals surface area (Å²) in [7, 11) is 0. The van der Waals surface area contributed by atoms with E-state index in [0.717, 1.165) is 5.56 Å². The van der Waals surface area contributed by atoms with E-state index in [1.165, 1.54) is 0 Å². The molecule has 1 aromatic carbocycles. The molecule has 3 heteroatoms. The first-order valence-corrected chi connectivity index (χ1v) is 5.23. The molecule has 0 unspecified atom stereocenters. The number of carbonyl (C=O) groups excluding carboxylic acids is 1. The molecule has 0 saturated heterocycles. The Morgan fingerprint density at radius 1 is 1.38 bits per heavy atom. The minimum absolute atomic E-state index is 0.206. The lowest BCUT2D eigenvalue weighted by atomic mass is 10.2. The lowest BCUT2D eigenvalue weighted by Gasteiger charge is -2.00. The zero-order chi connectivity index (χ0) is 11.6. The van der Waals surface area contributed by atoms with Crippen molar-refractivity contribution in [2.75, 3.05) is 19.7 Å². The maximum absolute atomic E-state index is 10.9. The van der Waals surface area contributed by atoms with E-state index in [-0.39, 0.29) is 12.5 Å². The van der Waals surface area contributed by atoms with Crippen molar-refractivity contribution >= 4 is 5.97 Å². The molecule has 0 fully saturated rings. The Hall–Kier alpha value is -1.79. The number of esters is 1. The molecule has 0 aliphatic rings. The number of ether oxygens (including phenoxy) is 1. The standard InChI is InChI=1S/C13H15NO2/c1-2-16-13(15)11-14-10-6-9-12-7-4-3-5-8-12/h3-5,7-8,14H,2,10-11H2,1H3. The van der Waals surface area contributed by atoms with Crippen molar-refractivity contribution in [2.24, 2.45) is 0 Å². The fourth-order valence-corrected chi connectivity index (χ4v) is 1.11. The normalized spacial score (nSPS) is 9.06. The summed E-state index contributed by atoms with van der Waals surface area (Å²) in [6, 6.07) is 9.72. The molecule has 1 N–H and O–H groups in total. The number of nitrogens with one attached hydrogen (secondary N) is 1. The zero-order valence-electron chi connectivity index (χ0n) is 9.32. The SMILES string of the molecule is CCOC(=O)CNCC#Cc1ccccc1. The van der Waals surface area contributed by atoms with E-state index in [0.29, 0.717) is 13.2 Å². The molecule has 0 aliphatic heterocycles. The fourth-order valence-electron chi connectivity index (χ4n) is 1.11. The molecular weight excluding hydrogens is 202 g/mol. The quantitative estimate of drug-likeness (QED) is 0.468. The number of rotatable bonds is 4. The summed E-state index contributed by atoms with van der Waals surface area (Å²) in [5.41, 5.74) is 0.973. The summed E-state index contributed by atoms with van der Waals surface area (Å²) in [6.07, 6.45) is 0. The monoisotopic (exact) mass is 217 g/mol. The van der Waals surface area contributed by atoms with Crippen molar-refractivity contribution in [1.82, 2.24) is 5.32 Å². The molecule has 1 aromatic rings. The van der Waals surface area contributed by atoms with Crippen molar-refractivity contribution < 1.29 is 9.53 Å². The third-order valence-corrected chi connectivity index (χ3v) is 1.79. The van der Waals surface area contributed by atoms with Crippen molar-refractivity contribution in [1.29, 1.82) is 0 Å². The summed E-state index contributed by atoms with van der Waals surface area (Å²) < 4.78 is 4.76. The molecule has 0 aliphatic carbocycles. The van der Waals surface area contributed by atoms with Gasteiger partial charge in [-0.25, -0.2) is 0 Å². The van der Waals surface area contributed by atoms with Crippen LogP contribution < -0.4 is 5.32 Å². The van der Waals surface area contributed by atoms with Crippen molar-refractivity contribution in [3.8, 4) is 11.8 Å². The molecule has 1 rings (SSSR count). The van der Waals surface area contributed by atoms with E-state index < -0.39 is 0 Å². The highest BCUT2D eigenvalue weighted by Crippen LogP contribution is 1.93. The molecule has 0 aromatic heterocycles. The van der Waals surface area contributed by atoms with Gasteiger partial charge in [0.05, 0.1) is 19.7 Å². The van der Waals surface area contributed by atoms with E-state index in [2.05, 4.69) is 17.2 Å². The first-order valence-electron chi connectivity index (χ1n) is 5.23. The van der Waals surface area contributed by atoms with Gasteiger partial charge in [-0.15, -0.1) is 0 Å². The Morgan fingerprint density at radius 3 is 2.81 bits per heavy atom. The van der Waals surface area contributed by atoms with E-state index in [1.54, 1.807) is 6.92 Å². The van der Waals surface area contributed by atoms with Crippen LogP contribution in [0.5, 0.6) is 0 Å². The summed E-state index contributed by atoms with van der Waals surface area (Å²) in [6.45, 7) is 2.88. The lowest BCUT2D eigenvalue weighted by Crippen LogP contribution is -2.24. The second kappa shape index (κ2) is 7.49. The maximum atomic E-state index is 10.9. The first-order chi connectivity index (χ1) is 7.83. The zero-order valence-corrected chi connectivity index (χ0v) is 9.32. The van der Waals surface area contributed by atoms with Gasteiger partial charge in [-0.3, -0.25) is 10.1 Å². The number of benzene rings is 1. The smallest absolute Gasteiger partial charge is 0.319 e. The molecule has 0 heterocycles. The Bertz CT molecular complexity index is 376. The predicted octanol–water partition coefficient (Wildman–Crippen LogP) is 1.19. The number of hydrogen-bond acceptors (Lipinski definition) is 3. The first kappa shape index (κ1) is 12.3. The molecule has 84 valence electrons. The third kappa shape index (κ3) is 5.18. The summed E-state index contributed by atoms with van der Waals surface area (Å²) >= 11 is 0. The van der Waals surface area contributed by atoms with Gasteiger partial charge in [0.2, 0.25) is 0 Å². The van der Waals surface area contributed by atoms with Gasteiger partial charge in [0, 0.05) is 5.56 Å². The van der Waals surface area contributed by atoms with Gasteiger partial charge in [0.1, 0.15) is 0 Å². The Morgan fingerprint density at radius 2 is 2.12 bits per heavy atom. The molecular formula is C13H15NO2. The van der Waals surface area contributed by atoms with E-state index >= 15 is 0 Å². The van der Waals surface area contributed by atoms with Crippen molar-refractivity contribution in [3.63, 3.8) is 0 Å². The summed E-state index contributed by atoms with van der Waals surface area (Å²) in [5.74, 6) is 5.67. The van der Waals surface area contributed by atoms with E-state index in [9.17, 15) is 4.79 Å². The van der Waals surface area contributed by atoms with Gasteiger partial charge in [0.25, 0.3) is 0 Å². The predicted molar refractivity (Wildman–Crippen MR) is 62.8 cm³/mol. The second-order valence-corrected chi connectivity index (χ2v) is 3.08. The van der Waals surface area contributed by atoms with Crippen LogP contribution in [-0.2, 0) is 9.53 Å². The van der Waals surface area contributed by atoms with Gasteiger partial charge >= 0.3 is 5.97 Å². The van der Waals surface area contributed by atoms with Crippen molar-refractivity contribution in [3.05, 3.63) is 35.9 Å². The highest BCUT2D eigenvalue weighted by Gasteiger charge is 1.97. The Kier molecular flexibility index (Phi) is 5.75. The molecule has 0 spiro atoms. The lowest BCUT2D eigenvalue weighted by molar-refractivity contribution is -0.141. The molecule has 0 saturated carbocycles. The van der Waals surface area contributed by atoms with Crippen LogP contribution in [0.3, 0.4) is 0 Å². The second-order valence-electron chi connectivity index (χ2n) is 3.08. The van der Waals surface area contributed by atoms with Gasteiger partial charge in [-0.05, 0) is 19.1 Å². The van der Waals surface area contributed by atoms with Crippen LogP contribution in [0.4, 0.5) is 0 Å². The molecule has 16 heavy (non-hydrogen) atoms. The highest BCUT2D eigenvalue weighted by molar-refractivity contribution is 5.71. The van der Waals surface area contributed by atoms with E-state index in [1.807, 2.05) is 30.3 Å². The number of hydrogen-bond donors (Lipinski definition) is 1. The van der Waals surface area contributed by atoms with Crippen LogP contribution >= 0.6 is 0 Å². The van der Waals surface area contributed by atoms with E-state index in [4.69, 9.17) is 4.74 Å². The van der Waals surface area contributed by atoms with Crippen LogP contribution in [0.25, 0.3) is 0 Å². The largest absolute Gasteiger partial charge is 0.465 e. The summed E-state index contributed by atoms with van der Waals surface area (Å²) in [4.78, 5) is 10.9. The Balaban J connectivity index is 2.21.